The Morgan fingerprint density at radius 1 is 1.42 bits per heavy atom. The molecule has 0 bridgehead atoms. The Balaban J connectivity index is 1.68. The van der Waals surface area contributed by atoms with E-state index < -0.39 is 0 Å². The molecule has 0 aromatic rings. The van der Waals surface area contributed by atoms with Gasteiger partial charge in [0.25, 0.3) is 0 Å². The SMILES string of the molecule is CC1(C)CC(NCC2CC2)CO1. The van der Waals surface area contributed by atoms with E-state index in [1.54, 1.807) is 0 Å². The van der Waals surface area contributed by atoms with Gasteiger partial charge in [-0.05, 0) is 45.6 Å². The maximum Gasteiger partial charge on any atom is 0.0643 e. The van der Waals surface area contributed by atoms with Crippen LogP contribution in [0.1, 0.15) is 33.1 Å². The summed E-state index contributed by atoms with van der Waals surface area (Å²) in [4.78, 5) is 0. The first-order valence-electron chi connectivity index (χ1n) is 5.03. The van der Waals surface area contributed by atoms with Crippen LogP contribution in [0.2, 0.25) is 0 Å². The fourth-order valence-corrected chi connectivity index (χ4v) is 1.82. The molecule has 1 atom stereocenters. The van der Waals surface area contributed by atoms with E-state index in [0.29, 0.717) is 6.04 Å². The zero-order valence-corrected chi connectivity index (χ0v) is 8.10. The van der Waals surface area contributed by atoms with E-state index in [2.05, 4.69) is 19.2 Å². The van der Waals surface area contributed by atoms with Gasteiger partial charge in [-0.25, -0.2) is 0 Å². The van der Waals surface area contributed by atoms with Crippen molar-refractivity contribution in [3.05, 3.63) is 0 Å². The minimum absolute atomic E-state index is 0.112. The molecule has 2 nitrogen and oxygen atoms in total. The highest BCUT2D eigenvalue weighted by molar-refractivity contribution is 4.87. The molecular weight excluding hydrogens is 150 g/mol. The molecule has 1 N–H and O–H groups in total. The minimum Gasteiger partial charge on any atom is -0.374 e. The van der Waals surface area contributed by atoms with Crippen molar-refractivity contribution in [2.75, 3.05) is 13.2 Å². The van der Waals surface area contributed by atoms with Gasteiger partial charge in [-0.1, -0.05) is 0 Å². The lowest BCUT2D eigenvalue weighted by atomic mass is 10.0. The Hall–Kier alpha value is -0.0800. The Morgan fingerprint density at radius 2 is 2.17 bits per heavy atom. The molecule has 1 heterocycles. The van der Waals surface area contributed by atoms with Crippen molar-refractivity contribution in [3.8, 4) is 0 Å². The average molecular weight is 169 g/mol. The van der Waals surface area contributed by atoms with Crippen LogP contribution in [0.5, 0.6) is 0 Å². The van der Waals surface area contributed by atoms with Gasteiger partial charge in [0.1, 0.15) is 0 Å². The van der Waals surface area contributed by atoms with Gasteiger partial charge < -0.3 is 10.1 Å². The van der Waals surface area contributed by atoms with Gasteiger partial charge in [-0.2, -0.15) is 0 Å². The molecule has 0 aromatic carbocycles. The molecule has 70 valence electrons. The molecule has 1 aliphatic heterocycles. The van der Waals surface area contributed by atoms with Crippen molar-refractivity contribution in [2.24, 2.45) is 5.92 Å². The number of hydrogen-bond donors (Lipinski definition) is 1. The second-order valence-electron chi connectivity index (χ2n) is 4.82. The molecule has 0 aromatic heterocycles. The van der Waals surface area contributed by atoms with Crippen molar-refractivity contribution in [3.63, 3.8) is 0 Å². The first-order chi connectivity index (χ1) is 5.66. The monoisotopic (exact) mass is 169 g/mol. The minimum atomic E-state index is 0.112. The third-order valence-corrected chi connectivity index (χ3v) is 2.81. The summed E-state index contributed by atoms with van der Waals surface area (Å²) in [5.74, 6) is 0.980. The molecule has 0 spiro atoms. The van der Waals surface area contributed by atoms with Crippen molar-refractivity contribution in [1.29, 1.82) is 0 Å². The van der Waals surface area contributed by atoms with Crippen LogP contribution in [0, 0.1) is 5.92 Å². The first kappa shape index (κ1) is 8.52. The predicted molar refractivity (Wildman–Crippen MR) is 49.2 cm³/mol. The van der Waals surface area contributed by atoms with Crippen molar-refractivity contribution in [1.82, 2.24) is 5.32 Å². The third kappa shape index (κ3) is 2.20. The Kier molecular flexibility index (Phi) is 2.13. The molecule has 1 saturated carbocycles. The highest BCUT2D eigenvalue weighted by Gasteiger charge is 2.32. The van der Waals surface area contributed by atoms with Crippen molar-refractivity contribution >= 4 is 0 Å². The van der Waals surface area contributed by atoms with E-state index in [-0.39, 0.29) is 5.60 Å². The summed E-state index contributed by atoms with van der Waals surface area (Å²) in [5.41, 5.74) is 0.112. The molecular formula is C10H19NO. The van der Waals surface area contributed by atoms with E-state index in [4.69, 9.17) is 4.74 Å². The van der Waals surface area contributed by atoms with Crippen molar-refractivity contribution in [2.45, 2.75) is 44.8 Å². The highest BCUT2D eigenvalue weighted by Crippen LogP contribution is 2.29. The van der Waals surface area contributed by atoms with E-state index in [9.17, 15) is 0 Å². The third-order valence-electron chi connectivity index (χ3n) is 2.81. The van der Waals surface area contributed by atoms with Gasteiger partial charge in [0.2, 0.25) is 0 Å². The van der Waals surface area contributed by atoms with Crippen LogP contribution < -0.4 is 5.32 Å². The van der Waals surface area contributed by atoms with Gasteiger partial charge >= 0.3 is 0 Å². The topological polar surface area (TPSA) is 21.3 Å². The number of nitrogens with one attached hydrogen (secondary N) is 1. The molecule has 1 unspecified atom stereocenters. The van der Waals surface area contributed by atoms with E-state index in [1.165, 1.54) is 25.8 Å². The van der Waals surface area contributed by atoms with Crippen LogP contribution in [-0.4, -0.2) is 24.8 Å². The molecule has 0 radical (unpaired) electrons. The van der Waals surface area contributed by atoms with Gasteiger partial charge in [-0.3, -0.25) is 0 Å². The quantitative estimate of drug-likeness (QED) is 0.692. The summed E-state index contributed by atoms with van der Waals surface area (Å²) in [5, 5.41) is 3.57. The predicted octanol–water partition coefficient (Wildman–Crippen LogP) is 1.55. The smallest absolute Gasteiger partial charge is 0.0643 e. The van der Waals surface area contributed by atoms with Crippen LogP contribution in [0.15, 0.2) is 0 Å². The van der Waals surface area contributed by atoms with Gasteiger partial charge in [0, 0.05) is 6.04 Å². The lowest BCUT2D eigenvalue weighted by Crippen LogP contribution is -2.32. The molecule has 2 rings (SSSR count). The zero-order chi connectivity index (χ0) is 8.60. The normalized spacial score (nSPS) is 34.0. The first-order valence-corrected chi connectivity index (χ1v) is 5.03. The summed E-state index contributed by atoms with van der Waals surface area (Å²) in [6.45, 7) is 6.46. The Morgan fingerprint density at radius 3 is 2.67 bits per heavy atom. The molecule has 0 amide bonds. The van der Waals surface area contributed by atoms with E-state index >= 15 is 0 Å². The Bertz CT molecular complexity index is 163. The lowest BCUT2D eigenvalue weighted by molar-refractivity contribution is 0.0357. The van der Waals surface area contributed by atoms with Crippen LogP contribution >= 0.6 is 0 Å². The average Bonchev–Trinajstić information content (AvgIpc) is 2.74. The number of ether oxygens (including phenoxy) is 1. The maximum absolute atomic E-state index is 5.64. The molecule has 2 aliphatic rings. The second kappa shape index (κ2) is 3.00. The van der Waals surface area contributed by atoms with Crippen LogP contribution in [0.25, 0.3) is 0 Å². The highest BCUT2D eigenvalue weighted by atomic mass is 16.5. The summed E-state index contributed by atoms with van der Waals surface area (Å²) in [7, 11) is 0. The zero-order valence-electron chi connectivity index (χ0n) is 8.10. The molecule has 12 heavy (non-hydrogen) atoms. The Labute approximate surface area is 74.7 Å². The number of rotatable bonds is 3. The van der Waals surface area contributed by atoms with Crippen LogP contribution in [-0.2, 0) is 4.74 Å². The number of hydrogen-bond acceptors (Lipinski definition) is 2. The van der Waals surface area contributed by atoms with Gasteiger partial charge in [0.15, 0.2) is 0 Å². The summed E-state index contributed by atoms with van der Waals surface area (Å²) in [6, 6.07) is 0.612. The lowest BCUT2D eigenvalue weighted by Gasteiger charge is -2.15. The van der Waals surface area contributed by atoms with Gasteiger partial charge in [-0.15, -0.1) is 0 Å². The molecule has 2 fully saturated rings. The van der Waals surface area contributed by atoms with Gasteiger partial charge in [0.05, 0.1) is 12.2 Å². The van der Waals surface area contributed by atoms with E-state index in [1.807, 2.05) is 0 Å². The van der Waals surface area contributed by atoms with Crippen LogP contribution in [0.3, 0.4) is 0 Å². The largest absolute Gasteiger partial charge is 0.374 e. The van der Waals surface area contributed by atoms with Crippen LogP contribution in [0.4, 0.5) is 0 Å². The molecule has 1 saturated heterocycles. The van der Waals surface area contributed by atoms with Crippen molar-refractivity contribution < 1.29 is 4.74 Å². The van der Waals surface area contributed by atoms with E-state index in [0.717, 1.165) is 12.5 Å². The fourth-order valence-electron chi connectivity index (χ4n) is 1.82. The second-order valence-corrected chi connectivity index (χ2v) is 4.82. The molecule has 2 heteroatoms. The molecule has 1 aliphatic carbocycles. The maximum atomic E-state index is 5.64. The fraction of sp³-hybridized carbons (Fsp3) is 1.00. The summed E-state index contributed by atoms with van der Waals surface area (Å²) < 4.78 is 5.64. The standard InChI is InChI=1S/C10H19NO/c1-10(2)5-9(7-12-10)11-6-8-3-4-8/h8-9,11H,3-7H2,1-2H3. The summed E-state index contributed by atoms with van der Waals surface area (Å²) in [6.07, 6.45) is 4.04. The summed E-state index contributed by atoms with van der Waals surface area (Å²) >= 11 is 0.